The summed E-state index contributed by atoms with van der Waals surface area (Å²) in [5.74, 6) is -1.89. The molecule has 0 amide bonds. The van der Waals surface area contributed by atoms with Crippen molar-refractivity contribution in [1.82, 2.24) is 9.61 Å². The number of hydrogen-bond donors (Lipinski definition) is 1. The molecule has 1 N–H and O–H groups in total. The van der Waals surface area contributed by atoms with Gasteiger partial charge in [0.25, 0.3) is 0 Å². The quantitative estimate of drug-likeness (QED) is 0.840. The Morgan fingerprint density at radius 2 is 2.14 bits per heavy atom. The van der Waals surface area contributed by atoms with Gasteiger partial charge in [0.2, 0.25) is 0 Å². The molecule has 0 aliphatic carbocycles. The molecule has 2 rings (SSSR count). The Kier molecular flexibility index (Phi) is 6.50. The summed E-state index contributed by atoms with van der Waals surface area (Å²) in [7, 11) is 0. The van der Waals surface area contributed by atoms with Crippen LogP contribution in [-0.2, 0) is 0 Å². The molecular weight excluding hydrogens is 283 g/mol. The third kappa shape index (κ3) is 3.42. The molecule has 0 radical (unpaired) electrons. The predicted molar refractivity (Wildman–Crippen MR) is 86.1 cm³/mol. The molecule has 2 aromatic rings. The number of carboxylic acid groups (broad SMARTS) is 1. The number of fused-ring (bicyclic) bond motifs is 1. The van der Waals surface area contributed by atoms with E-state index in [0.29, 0.717) is 11.1 Å². The van der Waals surface area contributed by atoms with Gasteiger partial charge in [0, 0.05) is 17.7 Å². The fraction of sp³-hybridized carbons (Fsp3) is 0.294. The maximum atomic E-state index is 14.1. The summed E-state index contributed by atoms with van der Waals surface area (Å²) >= 11 is 0. The highest BCUT2D eigenvalue weighted by Gasteiger charge is 2.28. The second-order valence-corrected chi connectivity index (χ2v) is 4.33. The Labute approximate surface area is 129 Å². The molecular formula is C17H21FN2O2. The maximum Gasteiger partial charge on any atom is 0.356 e. The van der Waals surface area contributed by atoms with Crippen LogP contribution in [0, 0.1) is 0 Å². The minimum Gasteiger partial charge on any atom is -0.476 e. The zero-order valence-electron chi connectivity index (χ0n) is 13.0. The lowest BCUT2D eigenvalue weighted by Crippen LogP contribution is -2.13. The van der Waals surface area contributed by atoms with Gasteiger partial charge in [-0.15, -0.1) is 6.58 Å². The summed E-state index contributed by atoms with van der Waals surface area (Å²) in [6.07, 6.45) is 4.75. The molecule has 2 aromatic heterocycles. The van der Waals surface area contributed by atoms with Gasteiger partial charge >= 0.3 is 5.97 Å². The number of alkyl halides is 1. The van der Waals surface area contributed by atoms with E-state index >= 15 is 0 Å². The zero-order chi connectivity index (χ0) is 16.7. The standard InChI is InChI=1S/C15H15FN2O2.C2H6/c1-3-7-10(11(16)4-2)13-12-8-5-6-9-18(12)17-14(13)15(19)20;1-2/h3-11H,2H2,1H3,(H,19,20);1-2H3/b7-3-;. The van der Waals surface area contributed by atoms with Crippen molar-refractivity contribution in [2.75, 3.05) is 0 Å². The first-order valence-corrected chi connectivity index (χ1v) is 7.20. The van der Waals surface area contributed by atoms with Crippen LogP contribution < -0.4 is 0 Å². The number of hydrogen-bond acceptors (Lipinski definition) is 2. The van der Waals surface area contributed by atoms with Crippen molar-refractivity contribution in [1.29, 1.82) is 0 Å². The van der Waals surface area contributed by atoms with E-state index in [1.54, 1.807) is 43.5 Å². The predicted octanol–water partition coefficient (Wildman–Crippen LogP) is 4.24. The molecule has 0 aliphatic rings. The van der Waals surface area contributed by atoms with Gasteiger partial charge in [-0.05, 0) is 19.1 Å². The van der Waals surface area contributed by atoms with Crippen molar-refractivity contribution in [3.63, 3.8) is 0 Å². The number of halogens is 1. The third-order valence-corrected chi connectivity index (χ3v) is 3.08. The maximum absolute atomic E-state index is 14.1. The number of allylic oxidation sites excluding steroid dienone is 3. The summed E-state index contributed by atoms with van der Waals surface area (Å²) < 4.78 is 15.6. The Bertz CT molecular complexity index is 676. The van der Waals surface area contributed by atoms with Crippen LogP contribution in [0.1, 0.15) is 42.7 Å². The molecule has 0 saturated carbocycles. The minimum absolute atomic E-state index is 0.135. The van der Waals surface area contributed by atoms with Gasteiger partial charge in [-0.2, -0.15) is 5.10 Å². The highest BCUT2D eigenvalue weighted by atomic mass is 19.1. The highest BCUT2D eigenvalue weighted by Crippen LogP contribution is 2.31. The molecule has 118 valence electrons. The van der Waals surface area contributed by atoms with Crippen LogP contribution in [0.5, 0.6) is 0 Å². The molecule has 0 fully saturated rings. The molecule has 2 heterocycles. The van der Waals surface area contributed by atoms with Crippen molar-refractivity contribution in [3.8, 4) is 0 Å². The Morgan fingerprint density at radius 3 is 2.68 bits per heavy atom. The van der Waals surface area contributed by atoms with Crippen LogP contribution in [0.15, 0.2) is 49.2 Å². The van der Waals surface area contributed by atoms with E-state index in [9.17, 15) is 14.3 Å². The van der Waals surface area contributed by atoms with Gasteiger partial charge in [-0.25, -0.2) is 13.7 Å². The minimum atomic E-state index is -1.38. The van der Waals surface area contributed by atoms with Crippen molar-refractivity contribution >= 4 is 11.5 Å². The molecule has 2 atom stereocenters. The lowest BCUT2D eigenvalue weighted by Gasteiger charge is -2.14. The zero-order valence-corrected chi connectivity index (χ0v) is 13.0. The van der Waals surface area contributed by atoms with Gasteiger partial charge in [-0.3, -0.25) is 0 Å². The second kappa shape index (κ2) is 8.12. The normalized spacial score (nSPS) is 13.5. The Hall–Kier alpha value is -2.43. The number of aromatic nitrogens is 2. The summed E-state index contributed by atoms with van der Waals surface area (Å²) in [6.45, 7) is 9.20. The van der Waals surface area contributed by atoms with Crippen LogP contribution in [0.3, 0.4) is 0 Å². The van der Waals surface area contributed by atoms with Crippen molar-refractivity contribution in [3.05, 3.63) is 60.5 Å². The first-order chi connectivity index (χ1) is 10.6. The largest absolute Gasteiger partial charge is 0.476 e. The average molecular weight is 304 g/mol. The number of rotatable bonds is 5. The van der Waals surface area contributed by atoms with Gasteiger partial charge in [0.15, 0.2) is 5.69 Å². The molecule has 2 unspecified atom stereocenters. The van der Waals surface area contributed by atoms with Gasteiger partial charge in [0.05, 0.1) is 5.52 Å². The number of carboxylic acids is 1. The van der Waals surface area contributed by atoms with Crippen LogP contribution in [-0.4, -0.2) is 26.9 Å². The van der Waals surface area contributed by atoms with Crippen LogP contribution in [0.25, 0.3) is 5.52 Å². The molecule has 0 aliphatic heterocycles. The highest BCUT2D eigenvalue weighted by molar-refractivity contribution is 5.90. The summed E-state index contributed by atoms with van der Waals surface area (Å²) in [4.78, 5) is 11.4. The molecule has 0 bridgehead atoms. The fourth-order valence-electron chi connectivity index (χ4n) is 2.22. The SMILES string of the molecule is C=CC(F)C(/C=C\C)c1c(C(=O)O)nn2ccccc12.CC. The van der Waals surface area contributed by atoms with Crippen LogP contribution in [0.4, 0.5) is 4.39 Å². The van der Waals surface area contributed by atoms with Crippen molar-refractivity contribution in [2.24, 2.45) is 0 Å². The molecule has 22 heavy (non-hydrogen) atoms. The number of aromatic carboxylic acids is 1. The number of pyridine rings is 1. The summed E-state index contributed by atoms with van der Waals surface area (Å²) in [6, 6.07) is 5.22. The molecule has 4 nitrogen and oxygen atoms in total. The van der Waals surface area contributed by atoms with E-state index < -0.39 is 18.1 Å². The smallest absolute Gasteiger partial charge is 0.356 e. The third-order valence-electron chi connectivity index (χ3n) is 3.08. The first-order valence-electron chi connectivity index (χ1n) is 7.20. The molecule has 0 saturated heterocycles. The van der Waals surface area contributed by atoms with E-state index in [1.807, 2.05) is 13.8 Å². The topological polar surface area (TPSA) is 54.6 Å². The molecule has 0 aromatic carbocycles. The van der Waals surface area contributed by atoms with E-state index in [1.165, 1.54) is 10.6 Å². The first kappa shape index (κ1) is 17.6. The molecule has 0 spiro atoms. The summed E-state index contributed by atoms with van der Waals surface area (Å²) in [5.41, 5.74) is 0.810. The Balaban J connectivity index is 0.00000116. The Morgan fingerprint density at radius 1 is 1.45 bits per heavy atom. The van der Waals surface area contributed by atoms with Crippen molar-refractivity contribution in [2.45, 2.75) is 32.9 Å². The van der Waals surface area contributed by atoms with Crippen molar-refractivity contribution < 1.29 is 14.3 Å². The number of nitrogens with zero attached hydrogens (tertiary/aromatic N) is 2. The van der Waals surface area contributed by atoms with E-state index in [2.05, 4.69) is 11.7 Å². The monoisotopic (exact) mass is 304 g/mol. The number of carbonyl (C=O) groups is 1. The van der Waals surface area contributed by atoms with E-state index in [-0.39, 0.29) is 5.69 Å². The van der Waals surface area contributed by atoms with Gasteiger partial charge < -0.3 is 5.11 Å². The van der Waals surface area contributed by atoms with Gasteiger partial charge in [0.1, 0.15) is 6.17 Å². The van der Waals surface area contributed by atoms with Gasteiger partial charge in [-0.1, -0.05) is 38.1 Å². The van der Waals surface area contributed by atoms with E-state index in [4.69, 9.17) is 0 Å². The second-order valence-electron chi connectivity index (χ2n) is 4.33. The fourth-order valence-corrected chi connectivity index (χ4v) is 2.22. The van der Waals surface area contributed by atoms with Crippen LogP contribution >= 0.6 is 0 Å². The lowest BCUT2D eigenvalue weighted by molar-refractivity contribution is 0.0688. The van der Waals surface area contributed by atoms with Crippen LogP contribution in [0.2, 0.25) is 0 Å². The summed E-state index contributed by atoms with van der Waals surface area (Å²) in [5, 5.41) is 13.3. The molecule has 5 heteroatoms. The van der Waals surface area contributed by atoms with E-state index in [0.717, 1.165) is 0 Å². The average Bonchev–Trinajstić information content (AvgIpc) is 2.93. The lowest BCUT2D eigenvalue weighted by atomic mass is 9.92.